The van der Waals surface area contributed by atoms with Gasteiger partial charge in [-0.2, -0.15) is 13.2 Å². The molecule has 0 amide bonds. The van der Waals surface area contributed by atoms with Gasteiger partial charge < -0.3 is 9.47 Å². The fourth-order valence-corrected chi connectivity index (χ4v) is 2.20. The van der Waals surface area contributed by atoms with E-state index in [0.717, 1.165) is 12.1 Å². The molecule has 0 radical (unpaired) electrons. The van der Waals surface area contributed by atoms with Gasteiger partial charge in [-0.05, 0) is 16.7 Å². The zero-order valence-corrected chi connectivity index (χ0v) is 10.1. The van der Waals surface area contributed by atoms with Crippen molar-refractivity contribution in [2.45, 2.75) is 12.0 Å². The monoisotopic (exact) mass is 295 g/mol. The van der Waals surface area contributed by atoms with Crippen LogP contribution in [0.2, 0.25) is 0 Å². The molecule has 2 atom stereocenters. The maximum absolute atomic E-state index is 12.7. The smallest absolute Gasteiger partial charge is 0.425 e. The standard InChI is InChI=1S/C10H7F3O5P/c11-10(12,13)6-3-1-2-4-7(6)18-19(15)8-5-16-9(14)17-8/h1-4,8H,5H2/q+1. The molecule has 1 aliphatic heterocycles. The minimum absolute atomic E-state index is 0.317. The van der Waals surface area contributed by atoms with Gasteiger partial charge in [-0.1, -0.05) is 12.1 Å². The SMILES string of the molecule is O=C1OCC([P+](=O)Oc2ccccc2C(F)(F)F)O1. The first kappa shape index (κ1) is 13.6. The molecule has 2 unspecified atom stereocenters. The maximum Gasteiger partial charge on any atom is 0.605 e. The van der Waals surface area contributed by atoms with Crippen LogP contribution in [0, 0.1) is 0 Å². The average molecular weight is 295 g/mol. The van der Waals surface area contributed by atoms with E-state index in [1.54, 1.807) is 0 Å². The van der Waals surface area contributed by atoms with Crippen LogP contribution in [0.1, 0.15) is 5.56 Å². The van der Waals surface area contributed by atoms with E-state index in [2.05, 4.69) is 9.47 Å². The van der Waals surface area contributed by atoms with Crippen molar-refractivity contribution in [3.05, 3.63) is 29.8 Å². The van der Waals surface area contributed by atoms with E-state index in [9.17, 15) is 22.5 Å². The van der Waals surface area contributed by atoms with Crippen LogP contribution >= 0.6 is 8.03 Å². The van der Waals surface area contributed by atoms with Crippen molar-refractivity contribution in [3.8, 4) is 5.75 Å². The average Bonchev–Trinajstić information content (AvgIpc) is 2.75. The number of para-hydroxylation sites is 1. The molecular formula is C10H7F3O5P+. The van der Waals surface area contributed by atoms with Crippen LogP contribution in [-0.2, 0) is 20.2 Å². The van der Waals surface area contributed by atoms with Gasteiger partial charge in [0.25, 0.3) is 0 Å². The molecular weight excluding hydrogens is 288 g/mol. The summed E-state index contributed by atoms with van der Waals surface area (Å²) in [5.41, 5.74) is -1.05. The molecule has 19 heavy (non-hydrogen) atoms. The lowest BCUT2D eigenvalue weighted by molar-refractivity contribution is -0.138. The molecule has 0 spiro atoms. The van der Waals surface area contributed by atoms with Crippen molar-refractivity contribution in [1.82, 2.24) is 0 Å². The van der Waals surface area contributed by atoms with Crippen LogP contribution in [0.25, 0.3) is 0 Å². The summed E-state index contributed by atoms with van der Waals surface area (Å²) in [6, 6.07) is 4.33. The van der Waals surface area contributed by atoms with Crippen molar-refractivity contribution in [2.24, 2.45) is 0 Å². The summed E-state index contributed by atoms with van der Waals surface area (Å²) in [5, 5.41) is 0. The Morgan fingerprint density at radius 3 is 2.58 bits per heavy atom. The van der Waals surface area contributed by atoms with Crippen molar-refractivity contribution >= 4 is 14.2 Å². The van der Waals surface area contributed by atoms with Crippen LogP contribution in [-0.4, -0.2) is 18.6 Å². The maximum atomic E-state index is 12.7. The highest BCUT2D eigenvalue weighted by Gasteiger charge is 2.46. The number of alkyl halides is 3. The highest BCUT2D eigenvalue weighted by molar-refractivity contribution is 7.40. The van der Waals surface area contributed by atoms with Gasteiger partial charge >= 0.3 is 26.2 Å². The molecule has 1 aromatic carbocycles. The lowest BCUT2D eigenvalue weighted by Crippen LogP contribution is -2.10. The summed E-state index contributed by atoms with van der Waals surface area (Å²) >= 11 is 0. The van der Waals surface area contributed by atoms with Crippen molar-refractivity contribution in [2.75, 3.05) is 6.61 Å². The van der Waals surface area contributed by atoms with Gasteiger partial charge in [0.15, 0.2) is 12.4 Å². The molecule has 1 saturated heterocycles. The number of hydrogen-bond donors (Lipinski definition) is 0. The number of carbonyl (C=O) groups excluding carboxylic acids is 1. The first-order valence-electron chi connectivity index (χ1n) is 5.02. The van der Waals surface area contributed by atoms with Gasteiger partial charge in [-0.15, -0.1) is 0 Å². The Morgan fingerprint density at radius 2 is 2.00 bits per heavy atom. The topological polar surface area (TPSA) is 61.8 Å². The van der Waals surface area contributed by atoms with Crippen LogP contribution in [0.15, 0.2) is 24.3 Å². The second kappa shape index (κ2) is 5.05. The van der Waals surface area contributed by atoms with Gasteiger partial charge in [0.1, 0.15) is 5.56 Å². The highest BCUT2D eigenvalue weighted by atomic mass is 31.1. The fraction of sp³-hybridized carbons (Fsp3) is 0.300. The minimum atomic E-state index is -4.63. The van der Waals surface area contributed by atoms with Gasteiger partial charge in [0, 0.05) is 0 Å². The molecule has 1 fully saturated rings. The lowest BCUT2D eigenvalue weighted by atomic mass is 10.2. The van der Waals surface area contributed by atoms with Gasteiger partial charge in [-0.3, -0.25) is 4.52 Å². The number of benzene rings is 1. The molecule has 2 rings (SSSR count). The first-order chi connectivity index (χ1) is 8.88. The summed E-state index contributed by atoms with van der Waals surface area (Å²) in [6.07, 6.45) is -5.66. The third-order valence-corrected chi connectivity index (χ3v) is 3.29. The molecule has 9 heteroatoms. The normalized spacial score (nSPS) is 19.6. The van der Waals surface area contributed by atoms with Gasteiger partial charge in [-0.25, -0.2) is 4.79 Å². The molecule has 1 aromatic rings. The molecule has 0 N–H and O–H groups in total. The predicted molar refractivity (Wildman–Crippen MR) is 55.9 cm³/mol. The number of rotatable bonds is 3. The van der Waals surface area contributed by atoms with E-state index >= 15 is 0 Å². The minimum Gasteiger partial charge on any atom is -0.425 e. The van der Waals surface area contributed by atoms with E-state index in [-0.39, 0.29) is 6.61 Å². The van der Waals surface area contributed by atoms with Crippen molar-refractivity contribution in [3.63, 3.8) is 0 Å². The second-order valence-electron chi connectivity index (χ2n) is 3.50. The Balaban J connectivity index is 2.15. The molecule has 0 saturated carbocycles. The van der Waals surface area contributed by atoms with E-state index in [1.165, 1.54) is 12.1 Å². The number of halogens is 3. The summed E-state index contributed by atoms with van der Waals surface area (Å²) < 4.78 is 63.2. The molecule has 102 valence electrons. The van der Waals surface area contributed by atoms with Gasteiger partial charge in [0.05, 0.1) is 0 Å². The molecule has 0 aromatic heterocycles. The summed E-state index contributed by atoms with van der Waals surface area (Å²) in [6.45, 7) is -0.317. The van der Waals surface area contributed by atoms with E-state index in [1.807, 2.05) is 0 Å². The zero-order chi connectivity index (χ0) is 14.0. The summed E-state index contributed by atoms with van der Waals surface area (Å²) in [4.78, 5) is 10.6. The second-order valence-corrected chi connectivity index (χ2v) is 4.83. The highest BCUT2D eigenvalue weighted by Crippen LogP contribution is 2.42. The Kier molecular flexibility index (Phi) is 3.61. The third-order valence-electron chi connectivity index (χ3n) is 2.19. The third kappa shape index (κ3) is 3.14. The number of hydrogen-bond acceptors (Lipinski definition) is 5. The largest absolute Gasteiger partial charge is 0.605 e. The van der Waals surface area contributed by atoms with E-state index < -0.39 is 37.5 Å². The van der Waals surface area contributed by atoms with Crippen molar-refractivity contribution in [1.29, 1.82) is 0 Å². The van der Waals surface area contributed by atoms with Crippen LogP contribution in [0.3, 0.4) is 0 Å². The van der Waals surface area contributed by atoms with E-state index in [0.29, 0.717) is 0 Å². The van der Waals surface area contributed by atoms with Crippen LogP contribution in [0.4, 0.5) is 18.0 Å². The van der Waals surface area contributed by atoms with E-state index in [4.69, 9.17) is 4.52 Å². The first-order valence-corrected chi connectivity index (χ1v) is 6.26. The van der Waals surface area contributed by atoms with Crippen LogP contribution in [0.5, 0.6) is 5.75 Å². The fourth-order valence-electron chi connectivity index (χ4n) is 1.36. The molecule has 5 nitrogen and oxygen atoms in total. The number of carbonyl (C=O) groups is 1. The Morgan fingerprint density at radius 1 is 1.32 bits per heavy atom. The van der Waals surface area contributed by atoms with Gasteiger partial charge in [0.2, 0.25) is 0 Å². The Bertz CT molecular complexity index is 516. The number of ether oxygens (including phenoxy) is 2. The zero-order valence-electron chi connectivity index (χ0n) is 9.22. The molecule has 1 aliphatic rings. The Hall–Kier alpha value is -1.82. The predicted octanol–water partition coefficient (Wildman–Crippen LogP) is 3.32. The molecule has 1 heterocycles. The van der Waals surface area contributed by atoms with Crippen LogP contribution < -0.4 is 4.52 Å². The number of cyclic esters (lactones) is 2. The molecule has 0 aliphatic carbocycles. The summed E-state index contributed by atoms with van der Waals surface area (Å²) in [7, 11) is -2.67. The van der Waals surface area contributed by atoms with Crippen molar-refractivity contribution < 1.29 is 36.5 Å². The summed E-state index contributed by atoms with van der Waals surface area (Å²) in [5.74, 6) is -1.79. The Labute approximate surface area is 106 Å². The quantitative estimate of drug-likeness (QED) is 0.632. The molecule has 0 bridgehead atoms. The lowest BCUT2D eigenvalue weighted by Gasteiger charge is -2.08.